The zero-order valence-corrected chi connectivity index (χ0v) is 18.5. The minimum atomic E-state index is -3.57. The van der Waals surface area contributed by atoms with Crippen molar-refractivity contribution < 1.29 is 27.2 Å². The van der Waals surface area contributed by atoms with Crippen molar-refractivity contribution in [1.29, 1.82) is 0 Å². The number of rotatable bonds is 9. The minimum Gasteiger partial charge on any atom is -0.353 e. The van der Waals surface area contributed by atoms with Gasteiger partial charge < -0.3 is 14.0 Å². The molecule has 1 unspecified atom stereocenters. The van der Waals surface area contributed by atoms with Crippen molar-refractivity contribution in [2.75, 3.05) is 24.3 Å². The Balaban J connectivity index is 1.60. The molecule has 2 fully saturated rings. The molecule has 2 heterocycles. The molecule has 1 N–H and O–H groups in total. The zero-order chi connectivity index (χ0) is 21.3. The lowest BCUT2D eigenvalue weighted by Gasteiger charge is -2.28. The summed E-state index contributed by atoms with van der Waals surface area (Å²) in [5.41, 5.74) is 0.156. The highest BCUT2D eigenvalue weighted by atomic mass is 32.2. The van der Waals surface area contributed by atoms with E-state index in [-0.39, 0.29) is 23.8 Å². The first kappa shape index (κ1) is 22.2. The Bertz CT molecular complexity index is 820. The van der Waals surface area contributed by atoms with Gasteiger partial charge in [0.25, 0.3) is 0 Å². The molecule has 0 bridgehead atoms. The van der Waals surface area contributed by atoms with Gasteiger partial charge in [0.1, 0.15) is 4.75 Å². The van der Waals surface area contributed by atoms with Crippen molar-refractivity contribution in [2.45, 2.75) is 76.3 Å². The molecule has 1 aromatic rings. The minimum absolute atomic E-state index is 0.0443. The molecule has 1 saturated heterocycles. The fourth-order valence-corrected chi connectivity index (χ4v) is 4.78. The second kappa shape index (κ2) is 8.35. The molecule has 0 spiro atoms. The van der Waals surface area contributed by atoms with Crippen LogP contribution in [0, 0.1) is 5.92 Å². The number of nitrogens with zero attached hydrogens (tertiary/aromatic N) is 1. The third-order valence-corrected chi connectivity index (χ3v) is 8.34. The average Bonchev–Trinajstić information content (AvgIpc) is 3.33. The van der Waals surface area contributed by atoms with Crippen LogP contribution in [0.4, 0.5) is 5.88 Å². The molecule has 8 nitrogen and oxygen atoms in total. The van der Waals surface area contributed by atoms with E-state index in [0.29, 0.717) is 18.9 Å². The van der Waals surface area contributed by atoms with E-state index in [1.54, 1.807) is 6.07 Å². The normalized spacial score (nSPS) is 21.2. The van der Waals surface area contributed by atoms with Gasteiger partial charge in [0.15, 0.2) is 16.1 Å². The summed E-state index contributed by atoms with van der Waals surface area (Å²) in [5.74, 6) is -0.270. The monoisotopic (exact) mass is 428 g/mol. The highest BCUT2D eigenvalue weighted by Crippen LogP contribution is 2.34. The second-order valence-electron chi connectivity index (χ2n) is 9.26. The number of carbonyl (C=O) groups is 1. The van der Waals surface area contributed by atoms with E-state index in [9.17, 15) is 13.2 Å². The molecule has 0 radical (unpaired) electrons. The maximum absolute atomic E-state index is 12.7. The number of carbonyl (C=O) groups excluding carboxylic acids is 1. The number of sulfone groups is 1. The summed E-state index contributed by atoms with van der Waals surface area (Å²) < 4.78 is 40.4. The molecule has 1 saturated carbocycles. The van der Waals surface area contributed by atoms with E-state index in [1.807, 2.05) is 13.8 Å². The van der Waals surface area contributed by atoms with Gasteiger partial charge in [-0.2, -0.15) is 0 Å². The molecule has 164 valence electrons. The van der Waals surface area contributed by atoms with Crippen molar-refractivity contribution in [2.24, 2.45) is 5.92 Å². The van der Waals surface area contributed by atoms with Crippen LogP contribution < -0.4 is 5.32 Å². The molecule has 1 aliphatic heterocycles. The molecule has 29 heavy (non-hydrogen) atoms. The molecule has 0 aromatic carbocycles. The predicted octanol–water partition coefficient (Wildman–Crippen LogP) is 3.04. The molecule has 1 atom stereocenters. The molecule has 2 aliphatic rings. The SMILES string of the molecule is CC(C)(COC1CCCCO1)c1cc(NC(=O)C(C)(C)S(=O)(=O)CC2CC2)on1. The maximum atomic E-state index is 12.7. The van der Waals surface area contributed by atoms with Crippen molar-refractivity contribution in [3.63, 3.8) is 0 Å². The van der Waals surface area contributed by atoms with E-state index < -0.39 is 25.9 Å². The topological polar surface area (TPSA) is 108 Å². The lowest BCUT2D eigenvalue weighted by molar-refractivity contribution is -0.170. The van der Waals surface area contributed by atoms with Crippen LogP contribution in [0.15, 0.2) is 10.6 Å². The average molecular weight is 429 g/mol. The lowest BCUT2D eigenvalue weighted by Crippen LogP contribution is -2.45. The van der Waals surface area contributed by atoms with Crippen LogP contribution >= 0.6 is 0 Å². The molecule has 1 aliphatic carbocycles. The third kappa shape index (κ3) is 5.38. The number of hydrogen-bond acceptors (Lipinski definition) is 7. The van der Waals surface area contributed by atoms with Crippen LogP contribution in [0.5, 0.6) is 0 Å². The van der Waals surface area contributed by atoms with Crippen molar-refractivity contribution in [3.05, 3.63) is 11.8 Å². The zero-order valence-electron chi connectivity index (χ0n) is 17.7. The number of amides is 1. The van der Waals surface area contributed by atoms with Crippen molar-refractivity contribution in [3.8, 4) is 0 Å². The van der Waals surface area contributed by atoms with Gasteiger partial charge in [0.2, 0.25) is 11.8 Å². The number of nitrogens with one attached hydrogen (secondary N) is 1. The first-order valence-corrected chi connectivity index (χ1v) is 11.9. The smallest absolute Gasteiger partial charge is 0.247 e. The van der Waals surface area contributed by atoms with Gasteiger partial charge in [-0.25, -0.2) is 8.42 Å². The van der Waals surface area contributed by atoms with Crippen LogP contribution in [0.25, 0.3) is 0 Å². The van der Waals surface area contributed by atoms with E-state index in [4.69, 9.17) is 14.0 Å². The highest BCUT2D eigenvalue weighted by Gasteiger charge is 2.44. The summed E-state index contributed by atoms with van der Waals surface area (Å²) in [6.07, 6.45) is 4.64. The summed E-state index contributed by atoms with van der Waals surface area (Å²) in [4.78, 5) is 12.7. The number of ether oxygens (including phenoxy) is 2. The molecule has 1 amide bonds. The Labute approximate surface area is 172 Å². The van der Waals surface area contributed by atoms with Gasteiger partial charge in [0.05, 0.1) is 18.1 Å². The summed E-state index contributed by atoms with van der Waals surface area (Å²) in [7, 11) is -3.57. The molecular weight excluding hydrogens is 396 g/mol. The molecule has 9 heteroatoms. The highest BCUT2D eigenvalue weighted by molar-refractivity contribution is 7.93. The van der Waals surface area contributed by atoms with E-state index in [2.05, 4.69) is 10.5 Å². The Morgan fingerprint density at radius 1 is 1.24 bits per heavy atom. The number of anilines is 1. The first-order valence-electron chi connectivity index (χ1n) is 10.3. The molecular formula is C20H32N2O6S. The fourth-order valence-electron chi connectivity index (χ4n) is 3.08. The summed E-state index contributed by atoms with van der Waals surface area (Å²) in [6, 6.07) is 1.62. The fraction of sp³-hybridized carbons (Fsp3) is 0.800. The number of hydrogen-bond donors (Lipinski definition) is 1. The van der Waals surface area contributed by atoms with Gasteiger partial charge in [-0.3, -0.25) is 10.1 Å². The van der Waals surface area contributed by atoms with Crippen molar-refractivity contribution in [1.82, 2.24) is 5.16 Å². The number of aromatic nitrogens is 1. The van der Waals surface area contributed by atoms with E-state index >= 15 is 0 Å². The van der Waals surface area contributed by atoms with Gasteiger partial charge in [-0.1, -0.05) is 19.0 Å². The summed E-state index contributed by atoms with van der Waals surface area (Å²) in [6.45, 7) is 7.88. The Morgan fingerprint density at radius 2 is 1.97 bits per heavy atom. The van der Waals surface area contributed by atoms with Crippen LogP contribution in [-0.4, -0.2) is 49.5 Å². The predicted molar refractivity (Wildman–Crippen MR) is 108 cm³/mol. The van der Waals surface area contributed by atoms with E-state index in [0.717, 1.165) is 32.1 Å². The van der Waals surface area contributed by atoms with Crippen LogP contribution in [0.2, 0.25) is 0 Å². The Morgan fingerprint density at radius 3 is 2.59 bits per heavy atom. The lowest BCUT2D eigenvalue weighted by atomic mass is 9.90. The Kier molecular flexibility index (Phi) is 6.41. The standard InChI is InChI=1S/C20H32N2O6S/c1-19(2,13-27-17-7-5-6-10-26-17)15-11-16(28-22-15)21-18(23)20(3,4)29(24,25)12-14-8-9-14/h11,14,17H,5-10,12-13H2,1-4H3,(H,21,23). The molecule has 1 aromatic heterocycles. The van der Waals surface area contributed by atoms with Gasteiger partial charge in [-0.15, -0.1) is 0 Å². The second-order valence-corrected chi connectivity index (χ2v) is 11.8. The van der Waals surface area contributed by atoms with Crippen LogP contribution in [0.3, 0.4) is 0 Å². The quantitative estimate of drug-likeness (QED) is 0.644. The largest absolute Gasteiger partial charge is 0.353 e. The molecule has 3 rings (SSSR count). The summed E-state index contributed by atoms with van der Waals surface area (Å²) >= 11 is 0. The Hall–Kier alpha value is -1.45. The van der Waals surface area contributed by atoms with Crippen LogP contribution in [-0.2, 0) is 29.5 Å². The van der Waals surface area contributed by atoms with Gasteiger partial charge in [-0.05, 0) is 51.9 Å². The van der Waals surface area contributed by atoms with Gasteiger partial charge in [0, 0.05) is 18.1 Å². The van der Waals surface area contributed by atoms with Gasteiger partial charge >= 0.3 is 0 Å². The summed E-state index contributed by atoms with van der Waals surface area (Å²) in [5, 5.41) is 6.61. The maximum Gasteiger partial charge on any atom is 0.247 e. The first-order chi connectivity index (χ1) is 13.5. The van der Waals surface area contributed by atoms with Crippen molar-refractivity contribution >= 4 is 21.6 Å². The third-order valence-electron chi connectivity index (χ3n) is 5.68. The van der Waals surface area contributed by atoms with E-state index in [1.165, 1.54) is 13.8 Å². The van der Waals surface area contributed by atoms with Crippen LogP contribution in [0.1, 0.15) is 65.5 Å².